The second-order valence-electron chi connectivity index (χ2n) is 9.23. The fraction of sp³-hybridized carbons (Fsp3) is 0.407. The molecule has 1 N–H and O–H groups in total. The van der Waals surface area contributed by atoms with Gasteiger partial charge in [0.1, 0.15) is 0 Å². The number of ether oxygens (including phenoxy) is 1. The molecule has 0 unspecified atom stereocenters. The Hall–Kier alpha value is -3.12. The number of methoxy groups -OCH3 is 1. The monoisotopic (exact) mass is 446 g/mol. The van der Waals surface area contributed by atoms with Gasteiger partial charge in [-0.15, -0.1) is 0 Å². The van der Waals surface area contributed by atoms with Crippen LogP contribution in [0.4, 0.5) is 0 Å². The van der Waals surface area contributed by atoms with Crippen molar-refractivity contribution in [3.8, 4) is 11.3 Å². The largest absolute Gasteiger partial charge is 0.480 e. The first-order valence-corrected chi connectivity index (χ1v) is 11.8. The van der Waals surface area contributed by atoms with Crippen molar-refractivity contribution in [3.63, 3.8) is 0 Å². The van der Waals surface area contributed by atoms with Crippen LogP contribution in [0.3, 0.4) is 0 Å². The first kappa shape index (κ1) is 21.7. The molecule has 1 saturated carbocycles. The number of esters is 1. The summed E-state index contributed by atoms with van der Waals surface area (Å²) in [5, 5.41) is 10.6. The topological polar surface area (TPSA) is 71.8 Å². The van der Waals surface area contributed by atoms with Crippen molar-refractivity contribution in [2.75, 3.05) is 20.2 Å². The molecule has 3 aromatic rings. The number of carboxylic acid groups (broad SMARTS) is 1. The summed E-state index contributed by atoms with van der Waals surface area (Å²) in [6.07, 6.45) is 6.13. The summed E-state index contributed by atoms with van der Waals surface area (Å²) in [5.41, 5.74) is 6.51. The number of carbonyl (C=O) groups excluding carboxylic acids is 1. The van der Waals surface area contributed by atoms with Gasteiger partial charge in [-0.2, -0.15) is 0 Å². The second-order valence-corrected chi connectivity index (χ2v) is 9.23. The van der Waals surface area contributed by atoms with E-state index in [9.17, 15) is 14.7 Å². The Morgan fingerprint density at radius 3 is 2.61 bits per heavy atom. The van der Waals surface area contributed by atoms with Crippen LogP contribution < -0.4 is 0 Å². The summed E-state index contributed by atoms with van der Waals surface area (Å²) in [5.74, 6) is -0.670. The maximum atomic E-state index is 12.3. The molecule has 2 heterocycles. The molecule has 0 bridgehead atoms. The third-order valence-electron chi connectivity index (χ3n) is 7.20. The van der Waals surface area contributed by atoms with E-state index in [1.54, 1.807) is 0 Å². The van der Waals surface area contributed by atoms with Gasteiger partial charge in [-0.1, -0.05) is 49.6 Å². The van der Waals surface area contributed by atoms with E-state index in [1.165, 1.54) is 61.4 Å². The Kier molecular flexibility index (Phi) is 5.94. The lowest BCUT2D eigenvalue weighted by Gasteiger charge is -2.29. The maximum absolute atomic E-state index is 12.3. The molecule has 33 heavy (non-hydrogen) atoms. The lowest BCUT2D eigenvalue weighted by molar-refractivity contribution is -0.138. The number of carboxylic acids is 1. The maximum Gasteiger partial charge on any atom is 0.337 e. The number of carbonyl (C=O) groups is 2. The first-order chi connectivity index (χ1) is 16.1. The molecule has 1 aromatic heterocycles. The van der Waals surface area contributed by atoms with Gasteiger partial charge in [-0.25, -0.2) is 4.79 Å². The summed E-state index contributed by atoms with van der Waals surface area (Å²) in [6, 6.07) is 14.3. The fourth-order valence-electron chi connectivity index (χ4n) is 5.73. The number of aliphatic carboxylic acids is 1. The van der Waals surface area contributed by atoms with Gasteiger partial charge < -0.3 is 14.4 Å². The SMILES string of the molecule is COC(=O)c1ccc2c(C3CCCCC3)c3n(c2c1)CCN(CC(=O)O)Cc1ccccc1-3. The predicted octanol–water partition coefficient (Wildman–Crippen LogP) is 5.04. The van der Waals surface area contributed by atoms with E-state index in [0.717, 1.165) is 11.1 Å². The molecule has 2 aromatic carbocycles. The van der Waals surface area contributed by atoms with E-state index in [-0.39, 0.29) is 12.5 Å². The number of nitrogens with zero attached hydrogens (tertiary/aromatic N) is 2. The number of fused-ring (bicyclic) bond motifs is 5. The van der Waals surface area contributed by atoms with E-state index < -0.39 is 5.97 Å². The number of rotatable bonds is 4. The highest BCUT2D eigenvalue weighted by atomic mass is 16.5. The highest BCUT2D eigenvalue weighted by molar-refractivity contribution is 5.99. The van der Waals surface area contributed by atoms with Crippen LogP contribution in [0.5, 0.6) is 0 Å². The van der Waals surface area contributed by atoms with Gasteiger partial charge in [0.2, 0.25) is 0 Å². The third-order valence-corrected chi connectivity index (χ3v) is 7.20. The molecule has 5 rings (SSSR count). The van der Waals surface area contributed by atoms with Crippen molar-refractivity contribution in [2.24, 2.45) is 0 Å². The summed E-state index contributed by atoms with van der Waals surface area (Å²) in [6.45, 7) is 1.92. The average Bonchev–Trinajstić information content (AvgIpc) is 3.14. The Morgan fingerprint density at radius 1 is 1.06 bits per heavy atom. The van der Waals surface area contributed by atoms with Crippen molar-refractivity contribution >= 4 is 22.8 Å². The zero-order valence-electron chi connectivity index (χ0n) is 19.0. The van der Waals surface area contributed by atoms with Gasteiger partial charge in [0.05, 0.1) is 24.9 Å². The van der Waals surface area contributed by atoms with E-state index in [1.807, 2.05) is 23.1 Å². The van der Waals surface area contributed by atoms with Crippen LogP contribution in [0.1, 0.15) is 59.5 Å². The van der Waals surface area contributed by atoms with Crippen molar-refractivity contribution in [3.05, 3.63) is 59.2 Å². The molecular formula is C27H30N2O4. The molecule has 6 nitrogen and oxygen atoms in total. The number of hydrogen-bond acceptors (Lipinski definition) is 4. The molecule has 172 valence electrons. The van der Waals surface area contributed by atoms with Crippen molar-refractivity contribution in [1.82, 2.24) is 9.47 Å². The highest BCUT2D eigenvalue weighted by Gasteiger charge is 2.29. The van der Waals surface area contributed by atoms with Crippen LogP contribution in [0, 0.1) is 0 Å². The Morgan fingerprint density at radius 2 is 1.85 bits per heavy atom. The molecule has 1 aliphatic heterocycles. The Balaban J connectivity index is 1.76. The molecule has 1 fully saturated rings. The predicted molar refractivity (Wildman–Crippen MR) is 127 cm³/mol. The Bertz CT molecular complexity index is 1210. The van der Waals surface area contributed by atoms with Crippen LogP contribution in [0.15, 0.2) is 42.5 Å². The summed E-state index contributed by atoms with van der Waals surface area (Å²) in [7, 11) is 1.41. The van der Waals surface area contributed by atoms with Crippen LogP contribution in [-0.2, 0) is 22.6 Å². The van der Waals surface area contributed by atoms with Gasteiger partial charge >= 0.3 is 11.9 Å². The minimum Gasteiger partial charge on any atom is -0.480 e. The third kappa shape index (κ3) is 4.04. The number of hydrogen-bond donors (Lipinski definition) is 1. The zero-order chi connectivity index (χ0) is 22.9. The summed E-state index contributed by atoms with van der Waals surface area (Å²) < 4.78 is 7.31. The van der Waals surface area contributed by atoms with Gasteiger partial charge in [-0.05, 0) is 42.0 Å². The molecular weight excluding hydrogens is 416 g/mol. The smallest absolute Gasteiger partial charge is 0.337 e. The molecule has 0 saturated heterocycles. The molecule has 2 aliphatic rings. The zero-order valence-corrected chi connectivity index (χ0v) is 19.0. The van der Waals surface area contributed by atoms with E-state index in [0.29, 0.717) is 31.1 Å². The molecule has 6 heteroatoms. The Labute approximate surface area is 193 Å². The first-order valence-electron chi connectivity index (χ1n) is 11.8. The highest BCUT2D eigenvalue weighted by Crippen LogP contribution is 2.45. The molecule has 1 aliphatic carbocycles. The van der Waals surface area contributed by atoms with E-state index in [2.05, 4.69) is 28.8 Å². The lowest BCUT2D eigenvalue weighted by Crippen LogP contribution is -2.33. The van der Waals surface area contributed by atoms with Gasteiger partial charge in [0.15, 0.2) is 0 Å². The summed E-state index contributed by atoms with van der Waals surface area (Å²) in [4.78, 5) is 25.8. The normalized spacial score (nSPS) is 17.1. The molecule has 0 atom stereocenters. The van der Waals surface area contributed by atoms with Gasteiger partial charge in [0.25, 0.3) is 0 Å². The van der Waals surface area contributed by atoms with E-state index in [4.69, 9.17) is 4.74 Å². The second kappa shape index (κ2) is 9.02. The molecule has 0 spiro atoms. The van der Waals surface area contributed by atoms with E-state index >= 15 is 0 Å². The average molecular weight is 447 g/mol. The van der Waals surface area contributed by atoms with Crippen molar-refractivity contribution < 1.29 is 19.4 Å². The van der Waals surface area contributed by atoms with Crippen LogP contribution in [-0.4, -0.2) is 46.7 Å². The number of benzene rings is 2. The minimum absolute atomic E-state index is 0.00572. The number of aromatic nitrogens is 1. The standard InChI is InChI=1S/C27H30N2O4/c1-33-27(32)19-11-12-22-23(15-19)29-14-13-28(17-24(30)31)16-20-9-5-6-10-21(20)26(29)25(22)18-7-3-2-4-8-18/h5-6,9-12,15,18H,2-4,7-8,13-14,16-17H2,1H3,(H,30,31). The van der Waals surface area contributed by atoms with Crippen molar-refractivity contribution in [1.29, 1.82) is 0 Å². The van der Waals surface area contributed by atoms with Gasteiger partial charge in [0, 0.05) is 36.1 Å². The molecule has 0 amide bonds. The fourth-order valence-corrected chi connectivity index (χ4v) is 5.73. The van der Waals surface area contributed by atoms with Crippen LogP contribution >= 0.6 is 0 Å². The van der Waals surface area contributed by atoms with Crippen molar-refractivity contribution in [2.45, 2.75) is 51.1 Å². The van der Waals surface area contributed by atoms with Crippen LogP contribution in [0.2, 0.25) is 0 Å². The lowest BCUT2D eigenvalue weighted by atomic mass is 9.81. The minimum atomic E-state index is -0.818. The summed E-state index contributed by atoms with van der Waals surface area (Å²) >= 11 is 0. The van der Waals surface area contributed by atoms with Gasteiger partial charge in [-0.3, -0.25) is 9.69 Å². The quantitative estimate of drug-likeness (QED) is 0.569. The molecule has 0 radical (unpaired) electrons. The van der Waals surface area contributed by atoms with Crippen LogP contribution in [0.25, 0.3) is 22.2 Å².